The van der Waals surface area contributed by atoms with Gasteiger partial charge in [0.05, 0.1) is 16.9 Å². The molecule has 0 bridgehead atoms. The van der Waals surface area contributed by atoms with Crippen LogP contribution in [-0.2, 0) is 0 Å². The first-order chi connectivity index (χ1) is 14.0. The van der Waals surface area contributed by atoms with Crippen molar-refractivity contribution < 1.29 is 4.39 Å². The zero-order valence-corrected chi connectivity index (χ0v) is 16.7. The molecule has 0 aliphatic carbocycles. The Hall–Kier alpha value is -3.19. The quantitative estimate of drug-likeness (QED) is 0.691. The first-order valence-corrected chi connectivity index (χ1v) is 9.65. The molecule has 1 aromatic carbocycles. The van der Waals surface area contributed by atoms with Gasteiger partial charge in [-0.2, -0.15) is 9.78 Å². The number of fused-ring (bicyclic) bond motifs is 3. The van der Waals surface area contributed by atoms with Gasteiger partial charge in [-0.1, -0.05) is 24.8 Å². The van der Waals surface area contributed by atoms with Crippen molar-refractivity contribution >= 4 is 22.3 Å². The number of rotatable bonds is 4. The minimum atomic E-state index is -0.309. The van der Waals surface area contributed by atoms with Crippen LogP contribution < -0.4 is 10.5 Å². The molecule has 7 heteroatoms. The molecule has 3 aliphatic heterocycles. The van der Waals surface area contributed by atoms with E-state index in [1.807, 2.05) is 19.1 Å². The number of allylic oxidation sites excluding steroid dienone is 5. The van der Waals surface area contributed by atoms with E-state index in [4.69, 9.17) is 0 Å². The maximum Gasteiger partial charge on any atom is 0.282 e. The van der Waals surface area contributed by atoms with E-state index in [0.717, 1.165) is 31.7 Å². The second kappa shape index (κ2) is 7.67. The highest BCUT2D eigenvalue weighted by Crippen LogP contribution is 2.31. The molecule has 0 spiro atoms. The molecule has 1 N–H and O–H groups in total. The van der Waals surface area contributed by atoms with Crippen molar-refractivity contribution in [1.29, 1.82) is 0 Å². The molecule has 0 amide bonds. The lowest BCUT2D eigenvalue weighted by Gasteiger charge is -2.34. The molecule has 0 radical (unpaired) electrons. The summed E-state index contributed by atoms with van der Waals surface area (Å²) in [6, 6.07) is 3.27. The molecule has 0 unspecified atom stereocenters. The van der Waals surface area contributed by atoms with Crippen LogP contribution >= 0.6 is 0 Å². The highest BCUT2D eigenvalue weighted by molar-refractivity contribution is 5.95. The van der Waals surface area contributed by atoms with Gasteiger partial charge >= 0.3 is 0 Å². The number of hydrogen-bond donors (Lipinski definition) is 1. The standard InChI is InChI=1S/C22H24FN5O/c1-4-5-6-7-15(2)28-22(29)17-14-24-19-13-20(27-10-8-26(3)9-11-27)18(23)12-16(19)21(17)25-28/h4-7,12-14,24H,2,8-11H2,1,3H3/b5-4-,7-6-. The Morgan fingerprint density at radius 3 is 2.72 bits per heavy atom. The van der Waals surface area contributed by atoms with Crippen LogP contribution in [0.1, 0.15) is 6.92 Å². The molecule has 3 heterocycles. The zero-order valence-electron chi connectivity index (χ0n) is 16.7. The molecule has 0 saturated carbocycles. The van der Waals surface area contributed by atoms with E-state index < -0.39 is 0 Å². The fourth-order valence-electron chi connectivity index (χ4n) is 3.60. The van der Waals surface area contributed by atoms with Crippen molar-refractivity contribution in [3.8, 4) is 11.3 Å². The highest BCUT2D eigenvalue weighted by atomic mass is 19.1. The van der Waals surface area contributed by atoms with Gasteiger partial charge in [0.1, 0.15) is 11.5 Å². The Balaban J connectivity index is 1.79. The monoisotopic (exact) mass is 393 g/mol. The molecule has 150 valence electrons. The van der Waals surface area contributed by atoms with E-state index in [2.05, 4.69) is 33.5 Å². The van der Waals surface area contributed by atoms with Gasteiger partial charge in [-0.3, -0.25) is 4.79 Å². The lowest BCUT2D eigenvalue weighted by molar-refractivity contribution is 0.312. The van der Waals surface area contributed by atoms with E-state index in [0.29, 0.717) is 28.0 Å². The van der Waals surface area contributed by atoms with Crippen molar-refractivity contribution in [3.63, 3.8) is 0 Å². The molecule has 1 aromatic rings. The fraction of sp³-hybridized carbons (Fsp3) is 0.273. The molecule has 0 aromatic heterocycles. The third kappa shape index (κ3) is 3.49. The number of aromatic amines is 1. The van der Waals surface area contributed by atoms with E-state index in [1.54, 1.807) is 24.4 Å². The topological polar surface area (TPSA) is 57.2 Å². The summed E-state index contributed by atoms with van der Waals surface area (Å²) in [5, 5.41) is 5.02. The van der Waals surface area contributed by atoms with Gasteiger partial charge in [0.15, 0.2) is 0 Å². The Morgan fingerprint density at radius 1 is 1.24 bits per heavy atom. The van der Waals surface area contributed by atoms with Crippen molar-refractivity contribution in [1.82, 2.24) is 19.7 Å². The minimum absolute atomic E-state index is 0.281. The third-order valence-electron chi connectivity index (χ3n) is 5.30. The number of nitrogens with zero attached hydrogens (tertiary/aromatic N) is 4. The van der Waals surface area contributed by atoms with Crippen LogP contribution in [0.5, 0.6) is 0 Å². The predicted molar refractivity (Wildman–Crippen MR) is 116 cm³/mol. The first-order valence-electron chi connectivity index (χ1n) is 9.65. The maximum atomic E-state index is 15.0. The average molecular weight is 393 g/mol. The fourth-order valence-corrected chi connectivity index (χ4v) is 3.60. The SMILES string of the molecule is C=C(/C=C\C=C/C)n1nc2c3cc(F)c(N4CCN(C)CC4)cc3[nH]cc-2c1=O. The number of likely N-dealkylation sites (N-methyl/N-ethyl adjacent to an activating group) is 1. The van der Waals surface area contributed by atoms with Gasteiger partial charge in [-0.25, -0.2) is 4.39 Å². The van der Waals surface area contributed by atoms with E-state index >= 15 is 0 Å². The summed E-state index contributed by atoms with van der Waals surface area (Å²) in [4.78, 5) is 20.2. The smallest absolute Gasteiger partial charge is 0.282 e. The van der Waals surface area contributed by atoms with Crippen LogP contribution in [0.4, 0.5) is 10.1 Å². The Labute approximate surface area is 168 Å². The molecular weight excluding hydrogens is 369 g/mol. The van der Waals surface area contributed by atoms with Crippen LogP contribution in [0.15, 0.2) is 54.0 Å². The summed E-state index contributed by atoms with van der Waals surface area (Å²) < 4.78 is 16.2. The molecular formula is C22H24FN5O. The number of H-pyrrole nitrogens is 1. The van der Waals surface area contributed by atoms with Crippen molar-refractivity contribution in [2.75, 3.05) is 38.1 Å². The summed E-state index contributed by atoms with van der Waals surface area (Å²) >= 11 is 0. The summed E-state index contributed by atoms with van der Waals surface area (Å²) in [6.07, 6.45) is 8.87. The molecule has 29 heavy (non-hydrogen) atoms. The zero-order chi connectivity index (χ0) is 20.5. The normalized spacial score (nSPS) is 16.0. The van der Waals surface area contributed by atoms with Gasteiger partial charge in [0, 0.05) is 43.3 Å². The molecule has 3 aliphatic rings. The second-order valence-electron chi connectivity index (χ2n) is 7.28. The third-order valence-corrected chi connectivity index (χ3v) is 5.30. The number of piperazine rings is 1. The van der Waals surface area contributed by atoms with Gasteiger partial charge in [0.2, 0.25) is 0 Å². The van der Waals surface area contributed by atoms with E-state index in [-0.39, 0.29) is 11.4 Å². The first kappa shape index (κ1) is 19.1. The molecule has 0 atom stereocenters. The molecule has 1 saturated heterocycles. The van der Waals surface area contributed by atoms with Gasteiger partial charge in [-0.05, 0) is 32.2 Å². The van der Waals surface area contributed by atoms with Crippen molar-refractivity contribution in [2.45, 2.75) is 6.92 Å². The van der Waals surface area contributed by atoms with Crippen LogP contribution in [0.2, 0.25) is 0 Å². The average Bonchev–Trinajstić information content (AvgIpc) is 3.05. The maximum absolute atomic E-state index is 15.0. The van der Waals surface area contributed by atoms with Gasteiger partial charge < -0.3 is 14.8 Å². The van der Waals surface area contributed by atoms with Crippen LogP contribution in [-0.4, -0.2) is 52.9 Å². The van der Waals surface area contributed by atoms with E-state index in [1.165, 1.54) is 10.7 Å². The van der Waals surface area contributed by atoms with Crippen LogP contribution in [0.3, 0.4) is 0 Å². The highest BCUT2D eigenvalue weighted by Gasteiger charge is 2.22. The second-order valence-corrected chi connectivity index (χ2v) is 7.28. The van der Waals surface area contributed by atoms with Gasteiger partial charge in [0.25, 0.3) is 5.56 Å². The summed E-state index contributed by atoms with van der Waals surface area (Å²) in [5.74, 6) is -0.309. The number of halogens is 1. The number of nitrogens with one attached hydrogen (secondary N) is 1. The molecule has 4 rings (SSSR count). The van der Waals surface area contributed by atoms with Crippen molar-refractivity contribution in [2.24, 2.45) is 0 Å². The lowest BCUT2D eigenvalue weighted by Crippen LogP contribution is -2.44. The number of anilines is 1. The van der Waals surface area contributed by atoms with Crippen molar-refractivity contribution in [3.05, 3.63) is 65.4 Å². The number of aromatic nitrogens is 3. The Kier molecular flexibility index (Phi) is 5.07. The summed E-state index contributed by atoms with van der Waals surface area (Å²) in [7, 11) is 2.07. The largest absolute Gasteiger partial charge is 0.367 e. The van der Waals surface area contributed by atoms with Crippen LogP contribution in [0, 0.1) is 5.82 Å². The minimum Gasteiger partial charge on any atom is -0.367 e. The molecule has 6 nitrogen and oxygen atoms in total. The molecule has 1 fully saturated rings. The van der Waals surface area contributed by atoms with E-state index in [9.17, 15) is 9.18 Å². The number of hydrogen-bond acceptors (Lipinski definition) is 4. The Morgan fingerprint density at radius 2 is 2.00 bits per heavy atom. The number of benzene rings is 1. The van der Waals surface area contributed by atoms with Crippen LogP contribution in [0.25, 0.3) is 27.9 Å². The Bertz CT molecular complexity index is 1150. The predicted octanol–water partition coefficient (Wildman–Crippen LogP) is 3.32. The van der Waals surface area contributed by atoms with Gasteiger partial charge in [-0.15, -0.1) is 0 Å². The number of pyridine rings is 1. The lowest BCUT2D eigenvalue weighted by atomic mass is 10.1. The summed E-state index contributed by atoms with van der Waals surface area (Å²) in [6.45, 7) is 9.17. The summed E-state index contributed by atoms with van der Waals surface area (Å²) in [5.41, 5.74) is 2.36.